The number of hydrogen-bond donors (Lipinski definition) is 3. The molecule has 0 fully saturated rings. The molecule has 0 saturated carbocycles. The monoisotopic (exact) mass is 335 g/mol. The van der Waals surface area contributed by atoms with E-state index in [9.17, 15) is 9.90 Å². The van der Waals surface area contributed by atoms with E-state index in [0.29, 0.717) is 17.0 Å². The molecular formula is C20H21N3O2. The summed E-state index contributed by atoms with van der Waals surface area (Å²) >= 11 is 0. The Bertz CT molecular complexity index is 928. The van der Waals surface area contributed by atoms with Crippen LogP contribution < -0.4 is 5.32 Å². The van der Waals surface area contributed by atoms with Crippen LogP contribution in [0.15, 0.2) is 42.5 Å². The second kappa shape index (κ2) is 6.81. The van der Waals surface area contributed by atoms with Crippen LogP contribution in [0.25, 0.3) is 11.3 Å². The maximum Gasteiger partial charge on any atom is 0.273 e. The van der Waals surface area contributed by atoms with Crippen molar-refractivity contribution in [1.29, 1.82) is 0 Å². The Labute approximate surface area is 146 Å². The molecule has 2 aromatic carbocycles. The van der Waals surface area contributed by atoms with Crippen molar-refractivity contribution < 1.29 is 9.90 Å². The van der Waals surface area contributed by atoms with Crippen molar-refractivity contribution in [3.63, 3.8) is 0 Å². The number of hydrogen-bond acceptors (Lipinski definition) is 3. The standard InChI is InChI=1S/C20H21N3O2/c1-4-14-6-8-19(24)16(10-14)17-11-18(23-22-17)20(25)21-15-7-5-12(2)13(3)9-15/h5-11,24H,4H2,1-3H3,(H,21,25)(H,22,23). The van der Waals surface area contributed by atoms with Crippen LogP contribution in [0.4, 0.5) is 5.69 Å². The lowest BCUT2D eigenvalue weighted by Gasteiger charge is -2.06. The van der Waals surface area contributed by atoms with Gasteiger partial charge in [-0.25, -0.2) is 0 Å². The van der Waals surface area contributed by atoms with Gasteiger partial charge in [0.05, 0.1) is 5.69 Å². The molecule has 1 aromatic heterocycles. The Morgan fingerprint density at radius 3 is 2.64 bits per heavy atom. The molecule has 5 nitrogen and oxygen atoms in total. The smallest absolute Gasteiger partial charge is 0.273 e. The Balaban J connectivity index is 1.83. The van der Waals surface area contributed by atoms with Gasteiger partial charge >= 0.3 is 0 Å². The van der Waals surface area contributed by atoms with E-state index in [1.54, 1.807) is 12.1 Å². The highest BCUT2D eigenvalue weighted by Crippen LogP contribution is 2.29. The molecule has 1 heterocycles. The van der Waals surface area contributed by atoms with Gasteiger partial charge in [0, 0.05) is 11.3 Å². The average Bonchev–Trinajstić information content (AvgIpc) is 3.08. The molecule has 128 valence electrons. The Hall–Kier alpha value is -3.08. The molecular weight excluding hydrogens is 314 g/mol. The highest BCUT2D eigenvalue weighted by atomic mass is 16.3. The van der Waals surface area contributed by atoms with Gasteiger partial charge in [0.25, 0.3) is 5.91 Å². The normalized spacial score (nSPS) is 10.7. The van der Waals surface area contributed by atoms with Gasteiger partial charge in [-0.05, 0) is 67.3 Å². The number of aryl methyl sites for hydroxylation is 3. The minimum atomic E-state index is -0.270. The summed E-state index contributed by atoms with van der Waals surface area (Å²) in [7, 11) is 0. The first-order valence-corrected chi connectivity index (χ1v) is 8.24. The van der Waals surface area contributed by atoms with E-state index >= 15 is 0 Å². The van der Waals surface area contributed by atoms with Crippen molar-refractivity contribution in [2.24, 2.45) is 0 Å². The first-order chi connectivity index (χ1) is 12.0. The van der Waals surface area contributed by atoms with E-state index in [1.165, 1.54) is 5.56 Å². The summed E-state index contributed by atoms with van der Waals surface area (Å²) in [6, 6.07) is 12.8. The second-order valence-corrected chi connectivity index (χ2v) is 6.13. The van der Waals surface area contributed by atoms with E-state index in [2.05, 4.69) is 15.5 Å². The van der Waals surface area contributed by atoms with Crippen molar-refractivity contribution in [1.82, 2.24) is 10.2 Å². The lowest BCUT2D eigenvalue weighted by Crippen LogP contribution is -2.12. The van der Waals surface area contributed by atoms with Gasteiger partial charge in [0.1, 0.15) is 11.4 Å². The van der Waals surface area contributed by atoms with Crippen LogP contribution in [0.1, 0.15) is 34.1 Å². The van der Waals surface area contributed by atoms with Crippen molar-refractivity contribution in [3.05, 3.63) is 64.8 Å². The topological polar surface area (TPSA) is 78.0 Å². The van der Waals surface area contributed by atoms with Crippen molar-refractivity contribution in [2.45, 2.75) is 27.2 Å². The number of benzene rings is 2. The first-order valence-electron chi connectivity index (χ1n) is 8.24. The fraction of sp³-hybridized carbons (Fsp3) is 0.200. The summed E-state index contributed by atoms with van der Waals surface area (Å²) in [5, 5.41) is 19.8. The Kier molecular flexibility index (Phi) is 4.57. The van der Waals surface area contributed by atoms with Crippen LogP contribution in [0.3, 0.4) is 0 Å². The van der Waals surface area contributed by atoms with Crippen molar-refractivity contribution in [2.75, 3.05) is 5.32 Å². The van der Waals surface area contributed by atoms with Gasteiger partial charge < -0.3 is 10.4 Å². The number of phenols is 1. The van der Waals surface area contributed by atoms with Gasteiger partial charge in [-0.2, -0.15) is 5.10 Å². The zero-order chi connectivity index (χ0) is 18.0. The number of amides is 1. The van der Waals surface area contributed by atoms with Crippen LogP contribution >= 0.6 is 0 Å². The third-order valence-corrected chi connectivity index (χ3v) is 4.33. The number of nitrogens with zero attached hydrogens (tertiary/aromatic N) is 1. The number of aromatic amines is 1. The zero-order valence-corrected chi connectivity index (χ0v) is 14.6. The fourth-order valence-corrected chi connectivity index (χ4v) is 2.60. The van der Waals surface area contributed by atoms with Crippen LogP contribution in [0, 0.1) is 13.8 Å². The number of H-pyrrole nitrogens is 1. The third-order valence-electron chi connectivity index (χ3n) is 4.33. The number of rotatable bonds is 4. The predicted octanol–water partition coefficient (Wildman–Crippen LogP) is 4.21. The Morgan fingerprint density at radius 2 is 1.92 bits per heavy atom. The van der Waals surface area contributed by atoms with Crippen LogP contribution in [0.2, 0.25) is 0 Å². The fourth-order valence-electron chi connectivity index (χ4n) is 2.60. The third kappa shape index (κ3) is 3.55. The van der Waals surface area contributed by atoms with Crippen LogP contribution in [0.5, 0.6) is 5.75 Å². The molecule has 0 aliphatic rings. The quantitative estimate of drug-likeness (QED) is 0.668. The highest BCUT2D eigenvalue weighted by Gasteiger charge is 2.14. The number of nitrogens with one attached hydrogen (secondary N) is 2. The molecule has 3 N–H and O–H groups in total. The maximum atomic E-state index is 12.4. The molecule has 0 spiro atoms. The summed E-state index contributed by atoms with van der Waals surface area (Å²) in [6.07, 6.45) is 0.859. The lowest BCUT2D eigenvalue weighted by molar-refractivity contribution is 0.102. The second-order valence-electron chi connectivity index (χ2n) is 6.13. The van der Waals surface area contributed by atoms with Crippen LogP contribution in [-0.2, 0) is 6.42 Å². The molecule has 0 aliphatic heterocycles. The number of carbonyl (C=O) groups is 1. The molecule has 0 radical (unpaired) electrons. The van der Waals surface area contributed by atoms with Gasteiger partial charge in [-0.15, -0.1) is 0 Å². The van der Waals surface area contributed by atoms with E-state index in [0.717, 1.165) is 23.2 Å². The van der Waals surface area contributed by atoms with Gasteiger partial charge in [0.2, 0.25) is 0 Å². The van der Waals surface area contributed by atoms with E-state index in [4.69, 9.17) is 0 Å². The zero-order valence-electron chi connectivity index (χ0n) is 14.6. The molecule has 0 bridgehead atoms. The molecule has 25 heavy (non-hydrogen) atoms. The molecule has 0 atom stereocenters. The summed E-state index contributed by atoms with van der Waals surface area (Å²) in [5.41, 5.74) is 5.61. The minimum Gasteiger partial charge on any atom is -0.507 e. The largest absolute Gasteiger partial charge is 0.507 e. The van der Waals surface area contributed by atoms with E-state index in [-0.39, 0.29) is 11.7 Å². The molecule has 3 aromatic rings. The molecule has 5 heteroatoms. The first kappa shape index (κ1) is 16.8. The molecule has 0 saturated heterocycles. The number of anilines is 1. The predicted molar refractivity (Wildman–Crippen MR) is 98.9 cm³/mol. The lowest BCUT2D eigenvalue weighted by atomic mass is 10.1. The minimum absolute atomic E-state index is 0.143. The van der Waals surface area contributed by atoms with E-state index < -0.39 is 0 Å². The van der Waals surface area contributed by atoms with Gasteiger partial charge in [-0.3, -0.25) is 9.89 Å². The SMILES string of the molecule is CCc1ccc(O)c(-c2cc(C(=O)Nc3ccc(C)c(C)c3)[nH]n2)c1. The molecule has 1 amide bonds. The number of carbonyl (C=O) groups excluding carboxylic acids is 1. The highest BCUT2D eigenvalue weighted by molar-refractivity contribution is 6.03. The maximum absolute atomic E-state index is 12.4. The number of aromatic nitrogens is 2. The summed E-state index contributed by atoms with van der Waals surface area (Å²) in [6.45, 7) is 6.07. The molecule has 0 unspecified atom stereocenters. The summed E-state index contributed by atoms with van der Waals surface area (Å²) < 4.78 is 0. The molecule has 3 rings (SSSR count). The number of aromatic hydroxyl groups is 1. The average molecular weight is 335 g/mol. The number of phenolic OH excluding ortho intramolecular Hbond substituents is 1. The van der Waals surface area contributed by atoms with Crippen molar-refractivity contribution in [3.8, 4) is 17.0 Å². The van der Waals surface area contributed by atoms with Gasteiger partial charge in [-0.1, -0.05) is 19.1 Å². The van der Waals surface area contributed by atoms with Crippen LogP contribution in [-0.4, -0.2) is 21.2 Å². The van der Waals surface area contributed by atoms with E-state index in [1.807, 2.05) is 51.1 Å². The molecule has 0 aliphatic carbocycles. The summed E-state index contributed by atoms with van der Waals surface area (Å²) in [4.78, 5) is 12.4. The van der Waals surface area contributed by atoms with Crippen molar-refractivity contribution >= 4 is 11.6 Å². The van der Waals surface area contributed by atoms with Gasteiger partial charge in [0.15, 0.2) is 0 Å². The Morgan fingerprint density at radius 1 is 1.12 bits per heavy atom. The summed E-state index contributed by atoms with van der Waals surface area (Å²) in [5.74, 6) is -0.127.